The highest BCUT2D eigenvalue weighted by molar-refractivity contribution is 5.85. The molecule has 0 radical (unpaired) electrons. The zero-order chi connectivity index (χ0) is 18.8. The Bertz CT molecular complexity index is 753. The SMILES string of the molecule is CCOc1ccccc1OCC(=O)N/N=C/c1ccccc1OC(F)F. The number of benzene rings is 2. The Morgan fingerprint density at radius 1 is 1.08 bits per heavy atom. The molecule has 1 amide bonds. The van der Waals surface area contributed by atoms with E-state index < -0.39 is 12.5 Å². The summed E-state index contributed by atoms with van der Waals surface area (Å²) < 4.78 is 39.8. The second kappa shape index (κ2) is 9.97. The van der Waals surface area contributed by atoms with Crippen molar-refractivity contribution in [2.24, 2.45) is 5.10 Å². The van der Waals surface area contributed by atoms with Crippen LogP contribution in [0.15, 0.2) is 53.6 Å². The number of nitrogens with zero attached hydrogens (tertiary/aromatic N) is 1. The lowest BCUT2D eigenvalue weighted by Gasteiger charge is -2.10. The monoisotopic (exact) mass is 364 g/mol. The fourth-order valence-corrected chi connectivity index (χ4v) is 1.98. The van der Waals surface area contributed by atoms with Gasteiger partial charge in [-0.25, -0.2) is 5.43 Å². The van der Waals surface area contributed by atoms with Gasteiger partial charge in [-0.1, -0.05) is 24.3 Å². The number of ether oxygens (including phenoxy) is 3. The average molecular weight is 364 g/mol. The van der Waals surface area contributed by atoms with E-state index >= 15 is 0 Å². The summed E-state index contributed by atoms with van der Waals surface area (Å²) >= 11 is 0. The quantitative estimate of drug-likeness (QED) is 0.548. The van der Waals surface area contributed by atoms with Crippen molar-refractivity contribution in [3.8, 4) is 17.2 Å². The maximum Gasteiger partial charge on any atom is 0.387 e. The van der Waals surface area contributed by atoms with Gasteiger partial charge in [0.15, 0.2) is 18.1 Å². The Morgan fingerprint density at radius 3 is 2.35 bits per heavy atom. The second-order valence-corrected chi connectivity index (χ2v) is 4.88. The highest BCUT2D eigenvalue weighted by Crippen LogP contribution is 2.26. The molecule has 0 aliphatic rings. The molecule has 0 fully saturated rings. The number of hydrogen-bond donors (Lipinski definition) is 1. The summed E-state index contributed by atoms with van der Waals surface area (Å²) in [4.78, 5) is 11.8. The van der Waals surface area contributed by atoms with Crippen molar-refractivity contribution >= 4 is 12.1 Å². The lowest BCUT2D eigenvalue weighted by Crippen LogP contribution is -2.24. The Balaban J connectivity index is 1.89. The van der Waals surface area contributed by atoms with E-state index in [-0.39, 0.29) is 12.4 Å². The summed E-state index contributed by atoms with van der Waals surface area (Å²) in [6.07, 6.45) is 1.21. The summed E-state index contributed by atoms with van der Waals surface area (Å²) in [6, 6.07) is 13.1. The first kappa shape index (κ1) is 19.2. The average Bonchev–Trinajstić information content (AvgIpc) is 2.62. The second-order valence-electron chi connectivity index (χ2n) is 4.88. The summed E-state index contributed by atoms with van der Waals surface area (Å²) in [5, 5.41) is 3.72. The first-order valence-corrected chi connectivity index (χ1v) is 7.80. The molecule has 0 aliphatic carbocycles. The van der Waals surface area contributed by atoms with Crippen LogP contribution in [0.25, 0.3) is 0 Å². The predicted octanol–water partition coefficient (Wildman–Crippen LogP) is 3.22. The summed E-state index contributed by atoms with van der Waals surface area (Å²) in [7, 11) is 0. The number of rotatable bonds is 9. The molecule has 2 rings (SSSR count). The number of para-hydroxylation sites is 3. The van der Waals surface area contributed by atoms with E-state index in [0.29, 0.717) is 23.7 Å². The Kier molecular flexibility index (Phi) is 7.35. The minimum absolute atomic E-state index is 0.0395. The van der Waals surface area contributed by atoms with Gasteiger partial charge in [0.2, 0.25) is 0 Å². The zero-order valence-corrected chi connectivity index (χ0v) is 14.0. The van der Waals surface area contributed by atoms with E-state index in [0.717, 1.165) is 0 Å². The van der Waals surface area contributed by atoms with Crippen molar-refractivity contribution in [3.05, 3.63) is 54.1 Å². The van der Waals surface area contributed by atoms with E-state index in [9.17, 15) is 13.6 Å². The summed E-state index contributed by atoms with van der Waals surface area (Å²) in [5.74, 6) is 0.413. The molecule has 6 nitrogen and oxygen atoms in total. The third-order valence-corrected chi connectivity index (χ3v) is 3.04. The number of carbonyl (C=O) groups is 1. The maximum absolute atomic E-state index is 12.3. The van der Waals surface area contributed by atoms with Crippen molar-refractivity contribution < 1.29 is 27.8 Å². The highest BCUT2D eigenvalue weighted by Gasteiger charge is 2.08. The molecule has 0 heterocycles. The molecular formula is C18H18F2N2O4. The van der Waals surface area contributed by atoms with Crippen molar-refractivity contribution in [2.45, 2.75) is 13.5 Å². The van der Waals surface area contributed by atoms with Crippen LogP contribution in [0.3, 0.4) is 0 Å². The number of hydrazone groups is 1. The fraction of sp³-hybridized carbons (Fsp3) is 0.222. The van der Waals surface area contributed by atoms with Crippen LogP contribution in [0.2, 0.25) is 0 Å². The summed E-state index contributed by atoms with van der Waals surface area (Å²) in [6.45, 7) is -0.917. The van der Waals surface area contributed by atoms with Gasteiger partial charge in [-0.3, -0.25) is 4.79 Å². The third kappa shape index (κ3) is 6.04. The molecule has 0 atom stereocenters. The largest absolute Gasteiger partial charge is 0.490 e. The van der Waals surface area contributed by atoms with Crippen LogP contribution in [0, 0.1) is 0 Å². The van der Waals surface area contributed by atoms with E-state index in [1.165, 1.54) is 18.3 Å². The van der Waals surface area contributed by atoms with Crippen LogP contribution in [0.1, 0.15) is 12.5 Å². The van der Waals surface area contributed by atoms with Gasteiger partial charge in [-0.2, -0.15) is 13.9 Å². The fourth-order valence-electron chi connectivity index (χ4n) is 1.98. The number of halogens is 2. The van der Waals surface area contributed by atoms with Gasteiger partial charge in [0, 0.05) is 5.56 Å². The standard InChI is InChI=1S/C18H18F2N2O4/c1-2-24-15-9-5-6-10-16(15)25-12-17(23)22-21-11-13-7-3-4-8-14(13)26-18(19)20/h3-11,18H,2,12H2,1H3,(H,22,23)/b21-11+. The Labute approximate surface area is 149 Å². The smallest absolute Gasteiger partial charge is 0.387 e. The number of carbonyl (C=O) groups excluding carboxylic acids is 1. The number of amides is 1. The minimum atomic E-state index is -2.95. The molecule has 8 heteroatoms. The zero-order valence-electron chi connectivity index (χ0n) is 14.0. The first-order chi connectivity index (χ1) is 12.6. The molecule has 26 heavy (non-hydrogen) atoms. The van der Waals surface area contributed by atoms with Crippen molar-refractivity contribution in [3.63, 3.8) is 0 Å². The molecule has 0 bridgehead atoms. The first-order valence-electron chi connectivity index (χ1n) is 7.80. The van der Waals surface area contributed by atoms with Crippen LogP contribution in [0.4, 0.5) is 8.78 Å². The van der Waals surface area contributed by atoms with Crippen molar-refractivity contribution in [1.29, 1.82) is 0 Å². The number of alkyl halides is 2. The lowest BCUT2D eigenvalue weighted by molar-refractivity contribution is -0.123. The summed E-state index contributed by atoms with van der Waals surface area (Å²) in [5.41, 5.74) is 2.56. The van der Waals surface area contributed by atoms with Crippen molar-refractivity contribution in [1.82, 2.24) is 5.43 Å². The van der Waals surface area contributed by atoms with Gasteiger partial charge in [-0.15, -0.1) is 0 Å². The van der Waals surface area contributed by atoms with Gasteiger partial charge < -0.3 is 14.2 Å². The van der Waals surface area contributed by atoms with Crippen LogP contribution in [-0.4, -0.2) is 31.9 Å². The van der Waals surface area contributed by atoms with Gasteiger partial charge >= 0.3 is 6.61 Å². The Morgan fingerprint density at radius 2 is 1.69 bits per heavy atom. The predicted molar refractivity (Wildman–Crippen MR) is 91.9 cm³/mol. The molecule has 0 saturated carbocycles. The van der Waals surface area contributed by atoms with Gasteiger partial charge in [0.1, 0.15) is 5.75 Å². The maximum atomic E-state index is 12.3. The van der Waals surface area contributed by atoms with Crippen LogP contribution >= 0.6 is 0 Å². The van der Waals surface area contributed by atoms with Crippen LogP contribution < -0.4 is 19.6 Å². The van der Waals surface area contributed by atoms with Gasteiger partial charge in [0.05, 0.1) is 12.8 Å². The molecule has 0 aromatic heterocycles. The molecule has 0 spiro atoms. The molecular weight excluding hydrogens is 346 g/mol. The topological polar surface area (TPSA) is 69.2 Å². The molecule has 0 unspecified atom stereocenters. The van der Waals surface area contributed by atoms with E-state index in [1.54, 1.807) is 36.4 Å². The molecule has 2 aromatic rings. The normalized spacial score (nSPS) is 10.8. The highest BCUT2D eigenvalue weighted by atomic mass is 19.3. The number of hydrogen-bond acceptors (Lipinski definition) is 5. The molecule has 0 saturated heterocycles. The van der Waals surface area contributed by atoms with Crippen LogP contribution in [0.5, 0.6) is 17.2 Å². The van der Waals surface area contributed by atoms with Crippen LogP contribution in [-0.2, 0) is 4.79 Å². The van der Waals surface area contributed by atoms with E-state index in [2.05, 4.69) is 15.3 Å². The molecule has 1 N–H and O–H groups in total. The van der Waals surface area contributed by atoms with Gasteiger partial charge in [-0.05, 0) is 31.2 Å². The number of nitrogens with one attached hydrogen (secondary N) is 1. The van der Waals surface area contributed by atoms with Gasteiger partial charge in [0.25, 0.3) is 5.91 Å². The third-order valence-electron chi connectivity index (χ3n) is 3.04. The molecule has 2 aromatic carbocycles. The van der Waals surface area contributed by atoms with Crippen molar-refractivity contribution in [2.75, 3.05) is 13.2 Å². The minimum Gasteiger partial charge on any atom is -0.490 e. The van der Waals surface area contributed by atoms with E-state index in [4.69, 9.17) is 9.47 Å². The Hall–Kier alpha value is -3.16. The van der Waals surface area contributed by atoms with E-state index in [1.807, 2.05) is 6.92 Å². The molecule has 0 aliphatic heterocycles. The molecule has 138 valence electrons. The lowest BCUT2D eigenvalue weighted by atomic mass is 10.2.